The maximum atomic E-state index is 4.30. The summed E-state index contributed by atoms with van der Waals surface area (Å²) in [4.78, 5) is 11.3. The van der Waals surface area contributed by atoms with Crippen LogP contribution in [0.5, 0.6) is 0 Å². The molecule has 14 heavy (non-hydrogen) atoms. The first-order valence-electron chi connectivity index (χ1n) is 4.86. The number of rotatable bonds is 1. The molecule has 2 rings (SSSR count). The minimum absolute atomic E-state index is 0.564. The van der Waals surface area contributed by atoms with E-state index in [1.165, 1.54) is 6.42 Å². The normalized spacial score (nSPS) is 26.9. The Kier molecular flexibility index (Phi) is 2.72. The zero-order valence-corrected chi connectivity index (χ0v) is 10.0. The highest BCUT2D eigenvalue weighted by molar-refractivity contribution is 9.09. The van der Waals surface area contributed by atoms with Crippen molar-refractivity contribution in [3.05, 3.63) is 18.1 Å². The number of anilines is 1. The van der Waals surface area contributed by atoms with E-state index < -0.39 is 0 Å². The van der Waals surface area contributed by atoms with Crippen LogP contribution in [0, 0.1) is 6.92 Å². The lowest BCUT2D eigenvalue weighted by molar-refractivity contribution is 0.728. The molecule has 1 aromatic rings. The minimum atomic E-state index is 0.564. The molecule has 0 saturated carbocycles. The Morgan fingerprint density at radius 2 is 2.29 bits per heavy atom. The van der Waals surface area contributed by atoms with Crippen LogP contribution in [0.15, 0.2) is 12.4 Å². The third-order valence-corrected chi connectivity index (χ3v) is 3.27. The highest BCUT2D eigenvalue weighted by Gasteiger charge is 2.28. The lowest BCUT2D eigenvalue weighted by atomic mass is 10.2. The van der Waals surface area contributed by atoms with E-state index in [-0.39, 0.29) is 0 Å². The fourth-order valence-electron chi connectivity index (χ4n) is 1.88. The number of nitrogens with zero attached hydrogens (tertiary/aromatic N) is 3. The zero-order valence-electron chi connectivity index (χ0n) is 8.44. The molecule has 0 radical (unpaired) electrons. The second-order valence-corrected chi connectivity index (χ2v) is 5.15. The maximum Gasteiger partial charge on any atom is 0.132 e. The van der Waals surface area contributed by atoms with E-state index in [1.54, 1.807) is 6.33 Å². The first-order chi connectivity index (χ1) is 6.66. The van der Waals surface area contributed by atoms with E-state index in [0.29, 0.717) is 10.9 Å². The molecule has 1 aliphatic heterocycles. The zero-order chi connectivity index (χ0) is 10.1. The number of hydrogen-bond acceptors (Lipinski definition) is 3. The van der Waals surface area contributed by atoms with Crippen molar-refractivity contribution in [1.29, 1.82) is 0 Å². The van der Waals surface area contributed by atoms with Gasteiger partial charge in [0.1, 0.15) is 12.1 Å². The number of aromatic nitrogens is 2. The molecule has 1 saturated heterocycles. The van der Waals surface area contributed by atoms with Gasteiger partial charge in [-0.2, -0.15) is 0 Å². The van der Waals surface area contributed by atoms with Crippen molar-refractivity contribution in [2.45, 2.75) is 31.1 Å². The fraction of sp³-hybridized carbons (Fsp3) is 0.600. The Balaban J connectivity index is 2.23. The van der Waals surface area contributed by atoms with Crippen LogP contribution in [0.1, 0.15) is 19.0 Å². The Morgan fingerprint density at radius 1 is 1.50 bits per heavy atom. The predicted octanol–water partition coefficient (Wildman–Crippen LogP) is 2.15. The molecule has 0 aliphatic carbocycles. The van der Waals surface area contributed by atoms with Crippen molar-refractivity contribution in [3.8, 4) is 0 Å². The van der Waals surface area contributed by atoms with E-state index in [1.807, 2.05) is 13.0 Å². The molecule has 1 aromatic heterocycles. The maximum absolute atomic E-state index is 4.30. The lowest BCUT2D eigenvalue weighted by Crippen LogP contribution is -2.27. The number of hydrogen-bond donors (Lipinski definition) is 0. The molecule has 0 spiro atoms. The van der Waals surface area contributed by atoms with Crippen LogP contribution in [-0.2, 0) is 0 Å². The molecule has 0 N–H and O–H groups in total. The molecule has 0 aromatic carbocycles. The van der Waals surface area contributed by atoms with Gasteiger partial charge in [-0.3, -0.25) is 0 Å². The number of halogens is 1. The van der Waals surface area contributed by atoms with Gasteiger partial charge in [-0.25, -0.2) is 9.97 Å². The summed E-state index contributed by atoms with van der Waals surface area (Å²) in [6, 6.07) is 2.61. The van der Waals surface area contributed by atoms with E-state index in [9.17, 15) is 0 Å². The molecule has 2 heterocycles. The summed E-state index contributed by atoms with van der Waals surface area (Å²) < 4.78 is 0. The van der Waals surface area contributed by atoms with Crippen molar-refractivity contribution in [3.63, 3.8) is 0 Å². The fourth-order valence-corrected chi connectivity index (χ4v) is 2.74. The van der Waals surface area contributed by atoms with Crippen LogP contribution in [0.25, 0.3) is 0 Å². The van der Waals surface area contributed by atoms with Gasteiger partial charge >= 0.3 is 0 Å². The van der Waals surface area contributed by atoms with Gasteiger partial charge in [-0.15, -0.1) is 0 Å². The van der Waals surface area contributed by atoms with Gasteiger partial charge in [-0.05, 0) is 20.3 Å². The van der Waals surface area contributed by atoms with Gasteiger partial charge in [0.25, 0.3) is 0 Å². The van der Waals surface area contributed by atoms with Crippen LogP contribution in [0.3, 0.4) is 0 Å². The Hall–Kier alpha value is -0.640. The summed E-state index contributed by atoms with van der Waals surface area (Å²) >= 11 is 3.65. The summed E-state index contributed by atoms with van der Waals surface area (Å²) in [5, 5.41) is 0. The third kappa shape index (κ3) is 1.90. The van der Waals surface area contributed by atoms with Crippen LogP contribution in [-0.4, -0.2) is 27.4 Å². The van der Waals surface area contributed by atoms with Crippen LogP contribution < -0.4 is 4.90 Å². The largest absolute Gasteiger partial charge is 0.353 e. The lowest BCUT2D eigenvalue weighted by Gasteiger charge is -2.22. The van der Waals surface area contributed by atoms with Gasteiger partial charge in [0.15, 0.2) is 0 Å². The first kappa shape index (κ1) is 9.90. The number of alkyl halides is 1. The van der Waals surface area contributed by atoms with E-state index in [2.05, 4.69) is 37.7 Å². The molecule has 4 heteroatoms. The molecule has 0 amide bonds. The summed E-state index contributed by atoms with van der Waals surface area (Å²) in [5.74, 6) is 1.05. The SMILES string of the molecule is Cc1cc(N2CC(Br)CC2C)ncn1. The van der Waals surface area contributed by atoms with Gasteiger partial charge in [0.05, 0.1) is 0 Å². The van der Waals surface area contributed by atoms with Crippen molar-refractivity contribution >= 4 is 21.7 Å². The van der Waals surface area contributed by atoms with Crippen LogP contribution in [0.4, 0.5) is 5.82 Å². The smallest absolute Gasteiger partial charge is 0.132 e. The van der Waals surface area contributed by atoms with Crippen molar-refractivity contribution in [2.75, 3.05) is 11.4 Å². The van der Waals surface area contributed by atoms with Gasteiger partial charge < -0.3 is 4.90 Å². The highest BCUT2D eigenvalue weighted by Crippen LogP contribution is 2.27. The van der Waals surface area contributed by atoms with E-state index >= 15 is 0 Å². The number of aryl methyl sites for hydroxylation is 1. The first-order valence-corrected chi connectivity index (χ1v) is 5.77. The molecule has 0 bridgehead atoms. The second kappa shape index (κ2) is 3.85. The van der Waals surface area contributed by atoms with E-state index in [0.717, 1.165) is 18.1 Å². The summed E-state index contributed by atoms with van der Waals surface area (Å²) in [6.07, 6.45) is 2.82. The molecule has 1 fully saturated rings. The molecule has 1 aliphatic rings. The van der Waals surface area contributed by atoms with Crippen LogP contribution in [0.2, 0.25) is 0 Å². The quantitative estimate of drug-likeness (QED) is 0.721. The average molecular weight is 256 g/mol. The summed E-state index contributed by atoms with van der Waals surface area (Å²) in [7, 11) is 0. The van der Waals surface area contributed by atoms with Crippen molar-refractivity contribution in [2.24, 2.45) is 0 Å². The Morgan fingerprint density at radius 3 is 2.86 bits per heavy atom. The van der Waals surface area contributed by atoms with Crippen molar-refractivity contribution in [1.82, 2.24) is 9.97 Å². The molecule has 2 unspecified atom stereocenters. The summed E-state index contributed by atoms with van der Waals surface area (Å²) in [5.41, 5.74) is 1.03. The van der Waals surface area contributed by atoms with Crippen LogP contribution >= 0.6 is 15.9 Å². The topological polar surface area (TPSA) is 29.0 Å². The minimum Gasteiger partial charge on any atom is -0.353 e. The van der Waals surface area contributed by atoms with E-state index in [4.69, 9.17) is 0 Å². The summed E-state index contributed by atoms with van der Waals surface area (Å²) in [6.45, 7) is 5.27. The molecule has 3 nitrogen and oxygen atoms in total. The highest BCUT2D eigenvalue weighted by atomic mass is 79.9. The Labute approximate surface area is 92.7 Å². The Bertz CT molecular complexity index is 329. The molecule has 2 atom stereocenters. The second-order valence-electron chi connectivity index (χ2n) is 3.85. The van der Waals surface area contributed by atoms with Gasteiger partial charge in [-0.1, -0.05) is 15.9 Å². The van der Waals surface area contributed by atoms with Gasteiger partial charge in [0.2, 0.25) is 0 Å². The average Bonchev–Trinajstić information content (AvgIpc) is 2.45. The molecular formula is C10H14BrN3. The molecular weight excluding hydrogens is 242 g/mol. The van der Waals surface area contributed by atoms with Gasteiger partial charge in [0, 0.05) is 29.2 Å². The predicted molar refractivity (Wildman–Crippen MR) is 60.9 cm³/mol. The third-order valence-electron chi connectivity index (χ3n) is 2.61. The standard InChI is InChI=1S/C10H14BrN3/c1-7-3-10(13-6-12-7)14-5-9(11)4-8(14)2/h3,6,8-9H,4-5H2,1-2H3. The molecule has 76 valence electrons. The monoisotopic (exact) mass is 255 g/mol. The van der Waals surface area contributed by atoms with Crippen molar-refractivity contribution < 1.29 is 0 Å².